The molecule has 3 heteroatoms. The van der Waals surface area contributed by atoms with E-state index < -0.39 is 0 Å². The molecule has 96 valence electrons. The third kappa shape index (κ3) is 14.5. The van der Waals surface area contributed by atoms with Gasteiger partial charge >= 0.3 is 0 Å². The largest absolute Gasteiger partial charge is 0.303 e. The Balaban J connectivity index is -0.000000720. The van der Waals surface area contributed by atoms with Gasteiger partial charge in [0.05, 0.1) is 0 Å². The summed E-state index contributed by atoms with van der Waals surface area (Å²) in [6.45, 7) is 10.8. The minimum Gasteiger partial charge on any atom is -0.303 e. The van der Waals surface area contributed by atoms with Crippen LogP contribution in [0.3, 0.4) is 0 Å². The van der Waals surface area contributed by atoms with Crippen LogP contribution in [0.1, 0.15) is 59.3 Å². The first-order chi connectivity index (χ1) is 6.35. The van der Waals surface area contributed by atoms with Crippen molar-refractivity contribution in [3.8, 4) is 0 Å². The van der Waals surface area contributed by atoms with Crippen molar-refractivity contribution in [1.29, 1.82) is 0 Å². The van der Waals surface area contributed by atoms with Crippen LogP contribution in [0.5, 0.6) is 0 Å². The molecule has 0 aromatic rings. The molecule has 0 saturated carbocycles. The molecule has 0 amide bonds. The van der Waals surface area contributed by atoms with Crippen LogP contribution in [0.2, 0.25) is 0 Å². The third-order valence-corrected chi connectivity index (χ3v) is 2.48. The molecule has 0 aliphatic heterocycles. The molecule has 0 N–H and O–H groups in total. The van der Waals surface area contributed by atoms with E-state index in [9.17, 15) is 0 Å². The van der Waals surface area contributed by atoms with E-state index in [1.54, 1.807) is 0 Å². The summed E-state index contributed by atoms with van der Waals surface area (Å²) in [7, 11) is 0. The maximum Gasteiger partial charge on any atom is -0.00188 e. The van der Waals surface area contributed by atoms with Gasteiger partial charge in [0.25, 0.3) is 0 Å². The summed E-state index contributed by atoms with van der Waals surface area (Å²) >= 11 is 0. The minimum absolute atomic E-state index is 0. The van der Waals surface area contributed by atoms with Gasteiger partial charge in [-0.15, -0.1) is 24.8 Å². The van der Waals surface area contributed by atoms with Gasteiger partial charge in [-0.2, -0.15) is 0 Å². The lowest BCUT2D eigenvalue weighted by Crippen LogP contribution is -2.27. The van der Waals surface area contributed by atoms with Crippen molar-refractivity contribution in [1.82, 2.24) is 4.90 Å². The molecule has 0 aromatic carbocycles. The third-order valence-electron chi connectivity index (χ3n) is 2.48. The zero-order valence-corrected chi connectivity index (χ0v) is 12.3. The van der Waals surface area contributed by atoms with E-state index in [1.165, 1.54) is 58.2 Å². The van der Waals surface area contributed by atoms with Crippen LogP contribution in [0, 0.1) is 0 Å². The van der Waals surface area contributed by atoms with E-state index in [2.05, 4.69) is 25.7 Å². The van der Waals surface area contributed by atoms with Gasteiger partial charge in [-0.1, -0.05) is 40.0 Å². The number of rotatable bonds is 9. The van der Waals surface area contributed by atoms with Crippen molar-refractivity contribution in [3.63, 3.8) is 0 Å². The van der Waals surface area contributed by atoms with Crippen LogP contribution in [0.25, 0.3) is 0 Å². The van der Waals surface area contributed by atoms with Gasteiger partial charge in [-0.3, -0.25) is 0 Å². The Morgan fingerprint density at radius 3 is 1.07 bits per heavy atom. The molecule has 0 spiro atoms. The highest BCUT2D eigenvalue weighted by Crippen LogP contribution is 2.01. The topological polar surface area (TPSA) is 3.24 Å². The summed E-state index contributed by atoms with van der Waals surface area (Å²) in [5.41, 5.74) is 0. The summed E-state index contributed by atoms with van der Waals surface area (Å²) in [6, 6.07) is 0. The first-order valence-electron chi connectivity index (χ1n) is 6.07. The van der Waals surface area contributed by atoms with Crippen molar-refractivity contribution in [3.05, 3.63) is 0 Å². The fourth-order valence-electron chi connectivity index (χ4n) is 1.48. The number of unbranched alkanes of at least 4 members (excludes halogenated alkanes) is 3. The van der Waals surface area contributed by atoms with Gasteiger partial charge in [0, 0.05) is 0 Å². The average Bonchev–Trinajstić information content (AvgIpc) is 2.17. The molecule has 0 fully saturated rings. The van der Waals surface area contributed by atoms with Crippen molar-refractivity contribution in [2.75, 3.05) is 19.6 Å². The minimum atomic E-state index is 0. The van der Waals surface area contributed by atoms with Crippen LogP contribution in [-0.4, -0.2) is 24.5 Å². The normalized spacial score (nSPS) is 9.60. The van der Waals surface area contributed by atoms with Gasteiger partial charge in [-0.05, 0) is 38.9 Å². The van der Waals surface area contributed by atoms with Crippen LogP contribution >= 0.6 is 24.8 Å². The van der Waals surface area contributed by atoms with Gasteiger partial charge in [-0.25, -0.2) is 0 Å². The Morgan fingerprint density at radius 1 is 0.600 bits per heavy atom. The number of hydrogen-bond donors (Lipinski definition) is 0. The van der Waals surface area contributed by atoms with Crippen molar-refractivity contribution < 1.29 is 0 Å². The molecular weight excluding hydrogens is 229 g/mol. The van der Waals surface area contributed by atoms with Gasteiger partial charge in [0.2, 0.25) is 0 Å². The monoisotopic (exact) mass is 257 g/mol. The quantitative estimate of drug-likeness (QED) is 0.587. The Morgan fingerprint density at radius 2 is 0.867 bits per heavy atom. The molecule has 0 aromatic heterocycles. The van der Waals surface area contributed by atoms with Crippen molar-refractivity contribution in [2.45, 2.75) is 59.3 Å². The summed E-state index contributed by atoms with van der Waals surface area (Å²) in [5, 5.41) is 0. The van der Waals surface area contributed by atoms with E-state index >= 15 is 0 Å². The second-order valence-corrected chi connectivity index (χ2v) is 3.90. The highest BCUT2D eigenvalue weighted by molar-refractivity contribution is 5.85. The summed E-state index contributed by atoms with van der Waals surface area (Å²) in [6.07, 6.45) is 8.09. The maximum atomic E-state index is 2.64. The Bertz CT molecular complexity index is 80.6. The van der Waals surface area contributed by atoms with Crippen LogP contribution in [0.15, 0.2) is 0 Å². The zero-order chi connectivity index (χ0) is 9.94. The average molecular weight is 258 g/mol. The van der Waals surface area contributed by atoms with Crippen LogP contribution in [0.4, 0.5) is 0 Å². The van der Waals surface area contributed by atoms with E-state index in [0.717, 1.165) is 0 Å². The highest BCUT2D eigenvalue weighted by atomic mass is 35.5. The van der Waals surface area contributed by atoms with Crippen LogP contribution < -0.4 is 0 Å². The fourth-order valence-corrected chi connectivity index (χ4v) is 1.48. The van der Waals surface area contributed by atoms with E-state index in [4.69, 9.17) is 0 Å². The molecule has 0 aliphatic carbocycles. The summed E-state index contributed by atoms with van der Waals surface area (Å²) in [4.78, 5) is 2.64. The summed E-state index contributed by atoms with van der Waals surface area (Å²) < 4.78 is 0. The van der Waals surface area contributed by atoms with E-state index in [0.29, 0.717) is 0 Å². The molecule has 0 atom stereocenters. The predicted octanol–water partition coefficient (Wildman–Crippen LogP) is 4.53. The fraction of sp³-hybridized carbons (Fsp3) is 1.00. The van der Waals surface area contributed by atoms with Crippen LogP contribution in [-0.2, 0) is 0 Å². The van der Waals surface area contributed by atoms with Crippen molar-refractivity contribution >= 4 is 24.8 Å². The first-order valence-corrected chi connectivity index (χ1v) is 6.07. The molecule has 15 heavy (non-hydrogen) atoms. The molecule has 0 saturated heterocycles. The second kappa shape index (κ2) is 17.0. The molecular formula is C12H29Cl2N. The molecule has 0 aliphatic rings. The second-order valence-electron chi connectivity index (χ2n) is 3.90. The smallest absolute Gasteiger partial charge is 0.00188 e. The number of nitrogens with zero attached hydrogens (tertiary/aromatic N) is 1. The summed E-state index contributed by atoms with van der Waals surface area (Å²) in [5.74, 6) is 0. The Hall–Kier alpha value is 0.540. The molecule has 0 rings (SSSR count). The lowest BCUT2D eigenvalue weighted by atomic mass is 10.2. The Labute approximate surface area is 109 Å². The van der Waals surface area contributed by atoms with Gasteiger partial charge in [0.15, 0.2) is 0 Å². The lowest BCUT2D eigenvalue weighted by Gasteiger charge is -2.21. The maximum absolute atomic E-state index is 2.64. The molecule has 0 heterocycles. The zero-order valence-electron chi connectivity index (χ0n) is 10.6. The first kappa shape index (κ1) is 20.9. The van der Waals surface area contributed by atoms with Gasteiger partial charge < -0.3 is 4.90 Å². The highest BCUT2D eigenvalue weighted by Gasteiger charge is 2.01. The number of hydrogen-bond acceptors (Lipinski definition) is 1. The molecule has 0 unspecified atom stereocenters. The van der Waals surface area contributed by atoms with Crippen molar-refractivity contribution in [2.24, 2.45) is 0 Å². The Kier molecular flexibility index (Phi) is 23.6. The SMILES string of the molecule is CCCCN(CCCC)CCCC.Cl.Cl. The predicted molar refractivity (Wildman–Crippen MR) is 75.7 cm³/mol. The van der Waals surface area contributed by atoms with E-state index in [-0.39, 0.29) is 24.8 Å². The lowest BCUT2D eigenvalue weighted by molar-refractivity contribution is 0.261. The molecule has 0 bridgehead atoms. The molecule has 0 radical (unpaired) electrons. The van der Waals surface area contributed by atoms with E-state index in [1.807, 2.05) is 0 Å². The number of halogens is 2. The molecule has 1 nitrogen and oxygen atoms in total. The van der Waals surface area contributed by atoms with Gasteiger partial charge in [0.1, 0.15) is 0 Å². The standard InChI is InChI=1S/C12H27N.2ClH/c1-4-7-10-13(11-8-5-2)12-9-6-3;;/h4-12H2,1-3H3;2*1H.